The summed E-state index contributed by atoms with van der Waals surface area (Å²) in [5, 5.41) is 11.7. The lowest BCUT2D eigenvalue weighted by molar-refractivity contribution is 0.0996. The number of phenolic OH excluding ortho intramolecular Hbond substituents is 1. The van der Waals surface area contributed by atoms with Crippen LogP contribution < -0.4 is 11.1 Å². The maximum absolute atomic E-state index is 13.3. The Labute approximate surface area is 118 Å². The van der Waals surface area contributed by atoms with Crippen LogP contribution in [0.4, 0.5) is 18.9 Å². The summed E-state index contributed by atoms with van der Waals surface area (Å²) in [6, 6.07) is 5.54. The molecule has 0 unspecified atom stereocenters. The molecule has 0 fully saturated rings. The average molecular weight is 296 g/mol. The first-order valence-electron chi connectivity index (χ1n) is 5.88. The van der Waals surface area contributed by atoms with E-state index < -0.39 is 29.1 Å². The summed E-state index contributed by atoms with van der Waals surface area (Å²) >= 11 is 0. The molecule has 2 aromatic carbocycles. The molecular formula is C14H11F3N2O2. The minimum absolute atomic E-state index is 0.0119. The highest BCUT2D eigenvalue weighted by Crippen LogP contribution is 2.22. The van der Waals surface area contributed by atoms with Crippen molar-refractivity contribution in [3.05, 3.63) is 58.9 Å². The fourth-order valence-electron chi connectivity index (χ4n) is 1.75. The monoisotopic (exact) mass is 296 g/mol. The van der Waals surface area contributed by atoms with E-state index in [-0.39, 0.29) is 17.7 Å². The molecule has 4 N–H and O–H groups in total. The summed E-state index contributed by atoms with van der Waals surface area (Å²) in [5.41, 5.74) is 5.31. The number of hydrogen-bond donors (Lipinski definition) is 3. The fourth-order valence-corrected chi connectivity index (χ4v) is 1.75. The molecule has 0 aliphatic carbocycles. The van der Waals surface area contributed by atoms with Crippen molar-refractivity contribution < 1.29 is 23.1 Å². The van der Waals surface area contributed by atoms with Crippen LogP contribution in [0.5, 0.6) is 5.75 Å². The van der Waals surface area contributed by atoms with E-state index in [1.807, 2.05) is 0 Å². The number of phenols is 1. The van der Waals surface area contributed by atoms with Gasteiger partial charge in [0.05, 0.1) is 5.56 Å². The largest absolute Gasteiger partial charge is 0.503 e. The van der Waals surface area contributed by atoms with Crippen LogP contribution in [0.1, 0.15) is 15.9 Å². The van der Waals surface area contributed by atoms with Gasteiger partial charge in [-0.25, -0.2) is 13.2 Å². The third kappa shape index (κ3) is 3.25. The molecule has 0 aliphatic heterocycles. The van der Waals surface area contributed by atoms with Crippen LogP contribution in [-0.4, -0.2) is 11.0 Å². The molecule has 21 heavy (non-hydrogen) atoms. The zero-order valence-electron chi connectivity index (χ0n) is 10.7. The highest BCUT2D eigenvalue weighted by molar-refractivity contribution is 5.94. The second-order valence-electron chi connectivity index (χ2n) is 4.32. The van der Waals surface area contributed by atoms with E-state index in [0.29, 0.717) is 5.69 Å². The van der Waals surface area contributed by atoms with Gasteiger partial charge in [-0.1, -0.05) is 0 Å². The predicted molar refractivity (Wildman–Crippen MR) is 70.3 cm³/mol. The number of carbonyl (C=O) groups is 1. The Morgan fingerprint density at radius 2 is 1.71 bits per heavy atom. The van der Waals surface area contributed by atoms with Gasteiger partial charge in [0.25, 0.3) is 5.91 Å². The van der Waals surface area contributed by atoms with Crippen LogP contribution in [0, 0.1) is 17.5 Å². The first-order chi connectivity index (χ1) is 9.88. The summed E-state index contributed by atoms with van der Waals surface area (Å²) in [6.07, 6.45) is 0. The number of nitrogens with two attached hydrogens (primary N) is 1. The zero-order valence-corrected chi connectivity index (χ0v) is 10.7. The van der Waals surface area contributed by atoms with Gasteiger partial charge in [0, 0.05) is 12.2 Å². The molecule has 2 rings (SSSR count). The van der Waals surface area contributed by atoms with Crippen molar-refractivity contribution >= 4 is 11.6 Å². The van der Waals surface area contributed by atoms with Gasteiger partial charge in [-0.15, -0.1) is 0 Å². The Morgan fingerprint density at radius 1 is 1.10 bits per heavy atom. The lowest BCUT2D eigenvalue weighted by atomic mass is 10.1. The Kier molecular flexibility index (Phi) is 4.02. The van der Waals surface area contributed by atoms with Crippen LogP contribution in [-0.2, 0) is 6.54 Å². The summed E-state index contributed by atoms with van der Waals surface area (Å²) in [6.45, 7) is 0.0119. The topological polar surface area (TPSA) is 75.4 Å². The van der Waals surface area contributed by atoms with E-state index in [1.54, 1.807) is 0 Å². The van der Waals surface area contributed by atoms with Crippen LogP contribution in [0.2, 0.25) is 0 Å². The summed E-state index contributed by atoms with van der Waals surface area (Å²) in [4.78, 5) is 11.0. The van der Waals surface area contributed by atoms with Gasteiger partial charge in [-0.05, 0) is 35.9 Å². The van der Waals surface area contributed by atoms with Gasteiger partial charge in [-0.2, -0.15) is 0 Å². The van der Waals surface area contributed by atoms with E-state index in [4.69, 9.17) is 10.8 Å². The molecule has 7 heteroatoms. The van der Waals surface area contributed by atoms with Gasteiger partial charge < -0.3 is 16.2 Å². The second-order valence-corrected chi connectivity index (χ2v) is 4.32. The average Bonchev–Trinajstić information content (AvgIpc) is 2.43. The fraction of sp³-hybridized carbons (Fsp3) is 0.0714. The molecule has 0 heterocycles. The summed E-state index contributed by atoms with van der Waals surface area (Å²) < 4.78 is 39.6. The number of hydrogen-bond acceptors (Lipinski definition) is 3. The van der Waals surface area contributed by atoms with E-state index >= 15 is 0 Å². The molecule has 110 valence electrons. The molecule has 0 atom stereocenters. The highest BCUT2D eigenvalue weighted by Gasteiger charge is 2.11. The van der Waals surface area contributed by atoms with Crippen molar-refractivity contribution in [3.63, 3.8) is 0 Å². The predicted octanol–water partition coefficient (Wildman–Crippen LogP) is 2.52. The van der Waals surface area contributed by atoms with Crippen molar-refractivity contribution in [1.29, 1.82) is 0 Å². The maximum atomic E-state index is 13.3. The third-order valence-electron chi connectivity index (χ3n) is 2.81. The molecule has 4 nitrogen and oxygen atoms in total. The standard InChI is InChI=1S/C14H11F3N2O2/c15-10-2-1-8(5-9(10)14(18)21)19-6-7-3-11(16)13(20)12(17)4-7/h1-5,19-20H,6H2,(H2,18,21). The van der Waals surface area contributed by atoms with Crippen LogP contribution in [0.15, 0.2) is 30.3 Å². The molecule has 0 radical (unpaired) electrons. The van der Waals surface area contributed by atoms with Crippen molar-refractivity contribution in [2.75, 3.05) is 5.32 Å². The van der Waals surface area contributed by atoms with E-state index in [0.717, 1.165) is 18.2 Å². The van der Waals surface area contributed by atoms with E-state index in [1.165, 1.54) is 12.1 Å². The summed E-state index contributed by atoms with van der Waals surface area (Å²) in [7, 11) is 0. The van der Waals surface area contributed by atoms with Gasteiger partial charge in [0.1, 0.15) is 5.82 Å². The number of amides is 1. The maximum Gasteiger partial charge on any atom is 0.251 e. The molecule has 0 aromatic heterocycles. The first-order valence-corrected chi connectivity index (χ1v) is 5.88. The van der Waals surface area contributed by atoms with Crippen molar-refractivity contribution in [2.24, 2.45) is 5.73 Å². The Balaban J connectivity index is 2.17. The van der Waals surface area contributed by atoms with Gasteiger partial charge in [-0.3, -0.25) is 4.79 Å². The van der Waals surface area contributed by atoms with Crippen LogP contribution >= 0.6 is 0 Å². The highest BCUT2D eigenvalue weighted by atomic mass is 19.1. The Hall–Kier alpha value is -2.70. The number of rotatable bonds is 4. The number of nitrogens with one attached hydrogen (secondary N) is 1. The normalized spacial score (nSPS) is 10.4. The number of benzene rings is 2. The molecule has 0 aliphatic rings. The van der Waals surface area contributed by atoms with Crippen LogP contribution in [0.25, 0.3) is 0 Å². The molecule has 0 saturated carbocycles. The first kappa shape index (κ1) is 14.7. The lowest BCUT2D eigenvalue weighted by Gasteiger charge is -2.09. The Bertz CT molecular complexity index is 682. The van der Waals surface area contributed by atoms with Gasteiger partial charge >= 0.3 is 0 Å². The van der Waals surface area contributed by atoms with Gasteiger partial charge in [0.2, 0.25) is 0 Å². The SMILES string of the molecule is NC(=O)c1cc(NCc2cc(F)c(O)c(F)c2)ccc1F. The molecule has 0 saturated heterocycles. The number of primary amides is 1. The van der Waals surface area contributed by atoms with Gasteiger partial charge in [0.15, 0.2) is 17.4 Å². The third-order valence-corrected chi connectivity index (χ3v) is 2.81. The minimum atomic E-state index is -1.08. The number of carbonyl (C=O) groups excluding carboxylic acids is 1. The minimum Gasteiger partial charge on any atom is -0.503 e. The smallest absolute Gasteiger partial charge is 0.251 e. The molecule has 0 spiro atoms. The van der Waals surface area contributed by atoms with E-state index in [2.05, 4.69) is 5.32 Å². The van der Waals surface area contributed by atoms with E-state index in [9.17, 15) is 18.0 Å². The quantitative estimate of drug-likeness (QED) is 0.811. The molecular weight excluding hydrogens is 285 g/mol. The number of anilines is 1. The molecule has 2 aromatic rings. The summed E-state index contributed by atoms with van der Waals surface area (Å²) in [5.74, 6) is -4.88. The number of halogens is 3. The van der Waals surface area contributed by atoms with Crippen LogP contribution in [0.3, 0.4) is 0 Å². The zero-order chi connectivity index (χ0) is 15.6. The van der Waals surface area contributed by atoms with Crippen molar-refractivity contribution in [1.82, 2.24) is 0 Å². The van der Waals surface area contributed by atoms with Crippen molar-refractivity contribution in [2.45, 2.75) is 6.54 Å². The number of aromatic hydroxyl groups is 1. The second kappa shape index (κ2) is 5.74. The van der Waals surface area contributed by atoms with Crippen molar-refractivity contribution in [3.8, 4) is 5.75 Å². The molecule has 0 bridgehead atoms. The lowest BCUT2D eigenvalue weighted by Crippen LogP contribution is -2.13. The molecule has 1 amide bonds. The Morgan fingerprint density at radius 3 is 2.29 bits per heavy atom.